The Morgan fingerprint density at radius 3 is 1.79 bits per heavy atom. The van der Waals surface area contributed by atoms with Crippen LogP contribution in [0.3, 0.4) is 0 Å². The molecular formula is C6H13F3O3SSi. The molecule has 0 spiro atoms. The fourth-order valence-electron chi connectivity index (χ4n) is 0.680. The molecule has 86 valence electrons. The van der Waals surface area contributed by atoms with Crippen molar-refractivity contribution >= 4 is 18.4 Å². The molecule has 3 nitrogen and oxygen atoms in total. The zero-order valence-corrected chi connectivity index (χ0v) is 10.00. The Morgan fingerprint density at radius 1 is 1.21 bits per heavy atom. The van der Waals surface area contributed by atoms with Crippen molar-refractivity contribution in [3.8, 4) is 0 Å². The highest BCUT2D eigenvalue weighted by molar-refractivity contribution is 7.88. The summed E-state index contributed by atoms with van der Waals surface area (Å²) in [5.74, 6) is 0. The van der Waals surface area contributed by atoms with E-state index in [2.05, 4.69) is 3.87 Å². The van der Waals surface area contributed by atoms with Crippen LogP contribution in [0.5, 0.6) is 0 Å². The van der Waals surface area contributed by atoms with E-state index in [4.69, 9.17) is 0 Å². The highest BCUT2D eigenvalue weighted by Gasteiger charge is 2.50. The van der Waals surface area contributed by atoms with E-state index in [1.54, 1.807) is 13.8 Å². The average molecular weight is 250 g/mol. The van der Waals surface area contributed by atoms with Gasteiger partial charge in [0.1, 0.15) is 0 Å². The van der Waals surface area contributed by atoms with E-state index < -0.39 is 23.9 Å². The number of hydrogen-bond donors (Lipinski definition) is 0. The molecule has 0 heterocycles. The molecular weight excluding hydrogens is 237 g/mol. The first-order valence-electron chi connectivity index (χ1n) is 4.10. The van der Waals surface area contributed by atoms with Crippen molar-refractivity contribution in [2.75, 3.05) is 0 Å². The second-order valence-electron chi connectivity index (χ2n) is 3.14. The maximum Gasteiger partial charge on any atom is 0.522 e. The van der Waals surface area contributed by atoms with Crippen LogP contribution < -0.4 is 0 Å². The molecule has 0 bridgehead atoms. The van der Waals surface area contributed by atoms with Crippen LogP contribution in [0.25, 0.3) is 0 Å². The maximum atomic E-state index is 11.9. The monoisotopic (exact) mass is 250 g/mol. The van der Waals surface area contributed by atoms with Crippen molar-refractivity contribution in [2.45, 2.75) is 38.0 Å². The van der Waals surface area contributed by atoms with E-state index in [0.717, 1.165) is 0 Å². The number of hydrogen-bond acceptors (Lipinski definition) is 3. The zero-order chi connectivity index (χ0) is 11.6. The lowest BCUT2D eigenvalue weighted by Gasteiger charge is -2.23. The summed E-state index contributed by atoms with van der Waals surface area (Å²) in [5.41, 5.74) is -5.31. The molecule has 0 amide bonds. The minimum atomic E-state index is -5.42. The highest BCUT2D eigenvalue weighted by atomic mass is 32.2. The quantitative estimate of drug-likeness (QED) is 0.568. The molecule has 8 heteroatoms. The van der Waals surface area contributed by atoms with Gasteiger partial charge in [-0.3, -0.25) is 0 Å². The smallest absolute Gasteiger partial charge is 0.308 e. The van der Waals surface area contributed by atoms with Crippen molar-refractivity contribution in [3.05, 3.63) is 0 Å². The van der Waals surface area contributed by atoms with Gasteiger partial charge in [-0.15, -0.1) is 0 Å². The van der Waals surface area contributed by atoms with Crippen LogP contribution in [0.1, 0.15) is 13.8 Å². The zero-order valence-electron chi connectivity index (χ0n) is 8.18. The molecule has 0 fully saturated rings. The van der Waals surface area contributed by atoms with Gasteiger partial charge in [-0.05, 0) is 18.6 Å². The summed E-state index contributed by atoms with van der Waals surface area (Å²) < 4.78 is 61.5. The van der Waals surface area contributed by atoms with E-state index in [1.807, 2.05) is 0 Å². The molecule has 0 saturated heterocycles. The van der Waals surface area contributed by atoms with E-state index >= 15 is 0 Å². The lowest BCUT2D eigenvalue weighted by molar-refractivity contribution is -0.0503. The molecule has 0 aromatic rings. The van der Waals surface area contributed by atoms with Crippen molar-refractivity contribution < 1.29 is 25.5 Å². The molecule has 0 aromatic heterocycles. The third kappa shape index (κ3) is 3.25. The Hall–Kier alpha value is -0.0831. The van der Waals surface area contributed by atoms with Gasteiger partial charge in [-0.25, -0.2) is 0 Å². The van der Waals surface area contributed by atoms with E-state index in [9.17, 15) is 21.6 Å². The third-order valence-corrected chi connectivity index (χ3v) is 8.14. The largest absolute Gasteiger partial charge is 0.522 e. The van der Waals surface area contributed by atoms with Gasteiger partial charge in [0.15, 0.2) is 0 Å². The second kappa shape index (κ2) is 4.19. The average Bonchev–Trinajstić information content (AvgIpc) is 2.01. The first-order valence-corrected chi connectivity index (χ1v) is 8.33. The predicted molar refractivity (Wildman–Crippen MR) is 48.6 cm³/mol. The van der Waals surface area contributed by atoms with E-state index in [1.165, 1.54) is 6.55 Å². The Kier molecular flexibility index (Phi) is 4.17. The molecule has 0 unspecified atom stereocenters. The van der Waals surface area contributed by atoms with Gasteiger partial charge >= 0.3 is 15.6 Å². The minimum absolute atomic E-state index is 0.332. The van der Waals surface area contributed by atoms with Crippen molar-refractivity contribution in [1.82, 2.24) is 0 Å². The van der Waals surface area contributed by atoms with Crippen LogP contribution in [0.2, 0.25) is 18.6 Å². The molecule has 0 radical (unpaired) electrons. The van der Waals surface area contributed by atoms with Crippen molar-refractivity contribution in [2.24, 2.45) is 0 Å². The van der Waals surface area contributed by atoms with Crippen LogP contribution >= 0.6 is 0 Å². The van der Waals surface area contributed by atoms with Crippen LogP contribution in [0, 0.1) is 0 Å². The van der Waals surface area contributed by atoms with Gasteiger partial charge in [-0.1, -0.05) is 13.8 Å². The molecule has 0 rings (SSSR count). The molecule has 0 aliphatic carbocycles. The second-order valence-corrected chi connectivity index (χ2v) is 9.49. The lowest BCUT2D eigenvalue weighted by Crippen LogP contribution is -2.40. The Labute approximate surface area is 82.5 Å². The van der Waals surface area contributed by atoms with Gasteiger partial charge in [0, 0.05) is 0 Å². The molecule has 0 saturated carbocycles. The van der Waals surface area contributed by atoms with Crippen LogP contribution in [0.15, 0.2) is 0 Å². The van der Waals surface area contributed by atoms with Crippen LogP contribution in [0.4, 0.5) is 13.2 Å². The lowest BCUT2D eigenvalue weighted by atomic mass is 10.9. The topological polar surface area (TPSA) is 43.4 Å². The summed E-state index contributed by atoms with van der Waals surface area (Å²) >= 11 is 0. The van der Waals surface area contributed by atoms with Gasteiger partial charge in [-0.2, -0.15) is 21.6 Å². The standard InChI is InChI=1S/C6H13F3O3SSi/c1-4-14(3,5-2)12-13(10,11)6(7,8)9/h4-5H2,1-3H3. The fourth-order valence-corrected chi connectivity index (χ4v) is 4.62. The molecule has 0 atom stereocenters. The van der Waals surface area contributed by atoms with Crippen molar-refractivity contribution in [3.63, 3.8) is 0 Å². The van der Waals surface area contributed by atoms with Gasteiger partial charge in [0.05, 0.1) is 0 Å². The summed E-state index contributed by atoms with van der Waals surface area (Å²) in [5, 5.41) is 0. The van der Waals surface area contributed by atoms with Gasteiger partial charge < -0.3 is 3.87 Å². The molecule has 0 aromatic carbocycles. The Balaban J connectivity index is 4.85. The molecule has 0 aliphatic heterocycles. The first-order chi connectivity index (χ1) is 6.08. The molecule has 14 heavy (non-hydrogen) atoms. The summed E-state index contributed by atoms with van der Waals surface area (Å²) in [6.07, 6.45) is 0. The van der Waals surface area contributed by atoms with Crippen molar-refractivity contribution in [1.29, 1.82) is 0 Å². The maximum absolute atomic E-state index is 11.9. The first kappa shape index (κ1) is 13.9. The highest BCUT2D eigenvalue weighted by Crippen LogP contribution is 2.29. The molecule has 0 aliphatic rings. The van der Waals surface area contributed by atoms with E-state index in [0.29, 0.717) is 12.1 Å². The SMILES string of the molecule is CC[Si](C)(CC)OS(=O)(=O)C(F)(F)F. The summed E-state index contributed by atoms with van der Waals surface area (Å²) in [6, 6.07) is 0.664. The fraction of sp³-hybridized carbons (Fsp3) is 1.00. The Morgan fingerprint density at radius 2 is 1.57 bits per heavy atom. The van der Waals surface area contributed by atoms with E-state index in [-0.39, 0.29) is 0 Å². The normalized spacial score (nSPS) is 14.4. The van der Waals surface area contributed by atoms with Crippen LogP contribution in [-0.2, 0) is 14.0 Å². The number of alkyl halides is 3. The predicted octanol–water partition coefficient (Wildman–Crippen LogP) is 2.47. The summed E-state index contributed by atoms with van der Waals surface area (Å²) in [7, 11) is -8.17. The number of halogens is 3. The van der Waals surface area contributed by atoms with Gasteiger partial charge in [0.25, 0.3) is 0 Å². The minimum Gasteiger partial charge on any atom is -0.308 e. The summed E-state index contributed by atoms with van der Waals surface area (Å²) in [4.78, 5) is 0. The van der Waals surface area contributed by atoms with Gasteiger partial charge in [0.2, 0.25) is 8.32 Å². The molecule has 0 N–H and O–H groups in total. The van der Waals surface area contributed by atoms with Crippen LogP contribution in [-0.4, -0.2) is 22.2 Å². The number of rotatable bonds is 4. The Bertz CT molecular complexity index is 281. The summed E-state index contributed by atoms with van der Waals surface area (Å²) in [6.45, 7) is 4.72. The third-order valence-electron chi connectivity index (χ3n) is 2.09.